The number of carbonyl (C=O) groups is 1. The van der Waals surface area contributed by atoms with Crippen LogP contribution in [0, 0.1) is 0 Å². The highest BCUT2D eigenvalue weighted by atomic mass is 16.6. The van der Waals surface area contributed by atoms with E-state index in [1.807, 2.05) is 6.92 Å². The van der Waals surface area contributed by atoms with Gasteiger partial charge in [-0.1, -0.05) is 0 Å². The zero-order valence-electron chi connectivity index (χ0n) is 9.43. The molecule has 2 heterocycles. The van der Waals surface area contributed by atoms with Gasteiger partial charge >= 0.3 is 6.01 Å². The van der Waals surface area contributed by atoms with E-state index in [9.17, 15) is 4.79 Å². The molecule has 2 rings (SSSR count). The maximum absolute atomic E-state index is 11.7. The SMILES string of the molecule is CCOc1n[nH]c(NC(=O)C2COCCO2)n1. The van der Waals surface area contributed by atoms with Crippen molar-refractivity contribution in [3.05, 3.63) is 0 Å². The van der Waals surface area contributed by atoms with Gasteiger partial charge in [-0.3, -0.25) is 10.1 Å². The second kappa shape index (κ2) is 5.60. The molecule has 0 radical (unpaired) electrons. The lowest BCUT2D eigenvalue weighted by molar-refractivity contribution is -0.142. The van der Waals surface area contributed by atoms with Gasteiger partial charge in [0.05, 0.1) is 26.4 Å². The number of nitrogens with one attached hydrogen (secondary N) is 2. The lowest BCUT2D eigenvalue weighted by Crippen LogP contribution is -2.39. The van der Waals surface area contributed by atoms with Gasteiger partial charge in [0.2, 0.25) is 5.95 Å². The summed E-state index contributed by atoms with van der Waals surface area (Å²) in [5.41, 5.74) is 0. The molecule has 94 valence electrons. The van der Waals surface area contributed by atoms with Crippen molar-refractivity contribution in [3.63, 3.8) is 0 Å². The minimum absolute atomic E-state index is 0.198. The Bertz CT molecular complexity index is 375. The third-order valence-electron chi connectivity index (χ3n) is 2.09. The molecule has 1 aliphatic rings. The second-order valence-corrected chi connectivity index (χ2v) is 3.32. The van der Waals surface area contributed by atoms with Gasteiger partial charge in [-0.05, 0) is 6.92 Å². The largest absolute Gasteiger partial charge is 0.463 e. The van der Waals surface area contributed by atoms with Gasteiger partial charge in [-0.25, -0.2) is 5.10 Å². The summed E-state index contributed by atoms with van der Waals surface area (Å²) in [6.07, 6.45) is -0.607. The van der Waals surface area contributed by atoms with Crippen molar-refractivity contribution >= 4 is 11.9 Å². The molecule has 2 N–H and O–H groups in total. The molecule has 0 spiro atoms. The summed E-state index contributed by atoms with van der Waals surface area (Å²) in [6.45, 7) is 3.46. The summed E-state index contributed by atoms with van der Waals surface area (Å²) >= 11 is 0. The van der Waals surface area contributed by atoms with Crippen LogP contribution in [0.4, 0.5) is 5.95 Å². The Balaban J connectivity index is 1.88. The first-order valence-corrected chi connectivity index (χ1v) is 5.35. The van der Waals surface area contributed by atoms with Crippen molar-refractivity contribution < 1.29 is 19.0 Å². The zero-order chi connectivity index (χ0) is 12.1. The summed E-state index contributed by atoms with van der Waals surface area (Å²) in [6, 6.07) is 0.198. The molecule has 0 aliphatic carbocycles. The van der Waals surface area contributed by atoms with E-state index in [1.54, 1.807) is 0 Å². The van der Waals surface area contributed by atoms with Crippen LogP contribution < -0.4 is 10.1 Å². The molecule has 0 bridgehead atoms. The van der Waals surface area contributed by atoms with Crippen molar-refractivity contribution in [2.75, 3.05) is 31.7 Å². The summed E-state index contributed by atoms with van der Waals surface area (Å²) in [4.78, 5) is 15.6. The molecule has 1 atom stereocenters. The van der Waals surface area contributed by atoms with Crippen molar-refractivity contribution in [2.24, 2.45) is 0 Å². The Morgan fingerprint density at radius 3 is 3.24 bits per heavy atom. The lowest BCUT2D eigenvalue weighted by atomic mass is 10.3. The molecule has 1 aliphatic heterocycles. The molecule has 0 aromatic carbocycles. The zero-order valence-corrected chi connectivity index (χ0v) is 9.43. The third kappa shape index (κ3) is 3.14. The van der Waals surface area contributed by atoms with Crippen LogP contribution >= 0.6 is 0 Å². The Labute approximate surface area is 97.6 Å². The fourth-order valence-corrected chi connectivity index (χ4v) is 1.33. The van der Waals surface area contributed by atoms with Gasteiger partial charge in [0, 0.05) is 0 Å². The molecule has 1 fully saturated rings. The van der Waals surface area contributed by atoms with Crippen molar-refractivity contribution in [2.45, 2.75) is 13.0 Å². The monoisotopic (exact) mass is 242 g/mol. The first-order valence-electron chi connectivity index (χ1n) is 5.35. The third-order valence-corrected chi connectivity index (χ3v) is 2.09. The van der Waals surface area contributed by atoms with Gasteiger partial charge in [-0.15, -0.1) is 5.10 Å². The van der Waals surface area contributed by atoms with Crippen molar-refractivity contribution in [1.29, 1.82) is 0 Å². The van der Waals surface area contributed by atoms with Crippen LogP contribution in [0.5, 0.6) is 6.01 Å². The number of hydrogen-bond donors (Lipinski definition) is 2. The van der Waals surface area contributed by atoms with Crippen LogP contribution in [0.2, 0.25) is 0 Å². The average Bonchev–Trinajstić information content (AvgIpc) is 2.78. The standard InChI is InChI=1S/C9H14N4O4/c1-2-16-9-11-8(12-13-9)10-7(14)6-5-15-3-4-17-6/h6H,2-5H2,1H3,(H2,10,11,12,13,14). The average molecular weight is 242 g/mol. The number of ether oxygens (including phenoxy) is 3. The van der Waals surface area contributed by atoms with Gasteiger partial charge in [-0.2, -0.15) is 4.98 Å². The highest BCUT2D eigenvalue weighted by molar-refractivity contribution is 5.92. The van der Waals surface area contributed by atoms with Gasteiger partial charge in [0.15, 0.2) is 6.10 Å². The Morgan fingerprint density at radius 2 is 2.53 bits per heavy atom. The normalized spacial score (nSPS) is 19.9. The summed E-state index contributed by atoms with van der Waals surface area (Å²) in [7, 11) is 0. The fraction of sp³-hybridized carbons (Fsp3) is 0.667. The summed E-state index contributed by atoms with van der Waals surface area (Å²) < 4.78 is 15.4. The molecular formula is C9H14N4O4. The number of carbonyl (C=O) groups excluding carboxylic acids is 1. The number of anilines is 1. The van der Waals surface area contributed by atoms with Crippen molar-refractivity contribution in [1.82, 2.24) is 15.2 Å². The number of rotatable bonds is 4. The molecule has 1 aromatic rings. The molecular weight excluding hydrogens is 228 g/mol. The number of hydrogen-bond acceptors (Lipinski definition) is 6. The van der Waals surface area contributed by atoms with E-state index in [4.69, 9.17) is 14.2 Å². The predicted octanol–water partition coefficient (Wildman–Crippen LogP) is -0.443. The minimum Gasteiger partial charge on any atom is -0.463 e. The lowest BCUT2D eigenvalue weighted by Gasteiger charge is -2.21. The predicted molar refractivity (Wildman–Crippen MR) is 56.7 cm³/mol. The number of aromatic amines is 1. The van der Waals surface area contributed by atoms with E-state index in [-0.39, 0.29) is 24.5 Å². The molecule has 1 unspecified atom stereocenters. The van der Waals surface area contributed by atoms with Crippen LogP contribution in [0.25, 0.3) is 0 Å². The maximum atomic E-state index is 11.7. The Kier molecular flexibility index (Phi) is 3.89. The molecule has 1 saturated heterocycles. The highest BCUT2D eigenvalue weighted by Crippen LogP contribution is 2.08. The fourth-order valence-electron chi connectivity index (χ4n) is 1.33. The topological polar surface area (TPSA) is 98.4 Å². The van der Waals surface area contributed by atoms with E-state index in [0.29, 0.717) is 19.8 Å². The van der Waals surface area contributed by atoms with E-state index >= 15 is 0 Å². The highest BCUT2D eigenvalue weighted by Gasteiger charge is 2.23. The quantitative estimate of drug-likeness (QED) is 0.742. The smallest absolute Gasteiger partial charge is 0.337 e. The van der Waals surface area contributed by atoms with Gasteiger partial charge in [0.1, 0.15) is 0 Å². The van der Waals surface area contributed by atoms with Crippen LogP contribution in [-0.2, 0) is 14.3 Å². The van der Waals surface area contributed by atoms with Gasteiger partial charge in [0.25, 0.3) is 5.91 Å². The Morgan fingerprint density at radius 1 is 1.65 bits per heavy atom. The van der Waals surface area contributed by atoms with Crippen LogP contribution in [-0.4, -0.2) is 53.6 Å². The number of H-pyrrole nitrogens is 1. The van der Waals surface area contributed by atoms with E-state index in [1.165, 1.54) is 0 Å². The molecule has 1 amide bonds. The number of aromatic nitrogens is 3. The molecule has 1 aromatic heterocycles. The van der Waals surface area contributed by atoms with Gasteiger partial charge < -0.3 is 14.2 Å². The van der Waals surface area contributed by atoms with Crippen LogP contribution in [0.3, 0.4) is 0 Å². The molecule has 8 nitrogen and oxygen atoms in total. The summed E-state index contributed by atoms with van der Waals surface area (Å²) in [5, 5.41) is 8.84. The molecule has 8 heteroatoms. The number of nitrogens with zero attached hydrogens (tertiary/aromatic N) is 2. The summed E-state index contributed by atoms with van der Waals surface area (Å²) in [5.74, 6) is -0.0866. The van der Waals surface area contributed by atoms with Crippen LogP contribution in [0.1, 0.15) is 6.92 Å². The molecule has 17 heavy (non-hydrogen) atoms. The maximum Gasteiger partial charge on any atom is 0.337 e. The van der Waals surface area contributed by atoms with E-state index < -0.39 is 6.10 Å². The van der Waals surface area contributed by atoms with Crippen molar-refractivity contribution in [3.8, 4) is 6.01 Å². The minimum atomic E-state index is -0.607. The number of amides is 1. The van der Waals surface area contributed by atoms with E-state index in [2.05, 4.69) is 20.5 Å². The van der Waals surface area contributed by atoms with E-state index in [0.717, 1.165) is 0 Å². The molecule has 0 saturated carbocycles. The first kappa shape index (κ1) is 11.8. The first-order chi connectivity index (χ1) is 8.29. The van der Waals surface area contributed by atoms with Crippen LogP contribution in [0.15, 0.2) is 0 Å². The second-order valence-electron chi connectivity index (χ2n) is 3.32. The Hall–Kier alpha value is -1.67.